The van der Waals surface area contributed by atoms with Gasteiger partial charge in [-0.05, 0) is 45.1 Å². The molecule has 1 unspecified atom stereocenters. The molecule has 6 nitrogen and oxygen atoms in total. The summed E-state index contributed by atoms with van der Waals surface area (Å²) in [6, 6.07) is 1.16. The van der Waals surface area contributed by atoms with Crippen molar-refractivity contribution in [3.8, 4) is 0 Å². The molecule has 2 amide bonds. The second kappa shape index (κ2) is 7.51. The molecule has 2 aliphatic carbocycles. The Kier molecular flexibility index (Phi) is 5.89. The van der Waals surface area contributed by atoms with Gasteiger partial charge in [0, 0.05) is 24.2 Å². The molecule has 0 aromatic rings. The van der Waals surface area contributed by atoms with E-state index in [4.69, 9.17) is 5.11 Å². The molecular formula is C17H31N3O3. The number of amides is 2. The van der Waals surface area contributed by atoms with Gasteiger partial charge in [-0.15, -0.1) is 0 Å². The fourth-order valence-corrected chi connectivity index (χ4v) is 3.28. The number of carboxylic acid groups (broad SMARTS) is 1. The lowest BCUT2D eigenvalue weighted by Crippen LogP contribution is -2.58. The van der Waals surface area contributed by atoms with E-state index in [1.54, 1.807) is 0 Å². The van der Waals surface area contributed by atoms with Crippen LogP contribution in [0.5, 0.6) is 0 Å². The number of hydrogen-bond donors (Lipinski definition) is 2. The van der Waals surface area contributed by atoms with Crippen molar-refractivity contribution in [2.24, 2.45) is 5.92 Å². The number of nitrogens with one attached hydrogen (secondary N) is 1. The summed E-state index contributed by atoms with van der Waals surface area (Å²) in [5.41, 5.74) is 0. The summed E-state index contributed by atoms with van der Waals surface area (Å²) < 4.78 is 0. The van der Waals surface area contributed by atoms with Crippen LogP contribution in [-0.2, 0) is 4.79 Å². The molecule has 132 valence electrons. The van der Waals surface area contributed by atoms with Gasteiger partial charge in [-0.3, -0.25) is 9.69 Å². The predicted octanol–water partition coefficient (Wildman–Crippen LogP) is 2.14. The average molecular weight is 325 g/mol. The first-order valence-corrected chi connectivity index (χ1v) is 8.88. The van der Waals surface area contributed by atoms with Crippen molar-refractivity contribution in [2.45, 2.75) is 77.5 Å². The Morgan fingerprint density at radius 3 is 2.22 bits per heavy atom. The molecule has 2 N–H and O–H groups in total. The zero-order valence-corrected chi connectivity index (χ0v) is 14.8. The normalized spacial score (nSPS) is 25.1. The van der Waals surface area contributed by atoms with Gasteiger partial charge in [0.1, 0.15) is 0 Å². The summed E-state index contributed by atoms with van der Waals surface area (Å²) in [6.07, 6.45) is 3.92. The number of urea groups is 1. The van der Waals surface area contributed by atoms with E-state index in [0.29, 0.717) is 12.0 Å². The molecule has 2 fully saturated rings. The first kappa shape index (κ1) is 18.0. The van der Waals surface area contributed by atoms with Crippen LogP contribution in [-0.4, -0.2) is 64.2 Å². The predicted molar refractivity (Wildman–Crippen MR) is 89.4 cm³/mol. The van der Waals surface area contributed by atoms with Gasteiger partial charge in [0.2, 0.25) is 0 Å². The molecule has 0 saturated heterocycles. The lowest BCUT2D eigenvalue weighted by atomic mass is 9.85. The third kappa shape index (κ3) is 4.59. The molecule has 6 heteroatoms. The minimum absolute atomic E-state index is 0.0541. The Morgan fingerprint density at radius 2 is 1.78 bits per heavy atom. The molecule has 0 aromatic carbocycles. The molecule has 1 atom stereocenters. The minimum atomic E-state index is -0.787. The van der Waals surface area contributed by atoms with E-state index in [2.05, 4.69) is 26.1 Å². The molecule has 2 aliphatic rings. The van der Waals surface area contributed by atoms with Crippen molar-refractivity contribution >= 4 is 12.0 Å². The Labute approximate surface area is 139 Å². The molecule has 0 heterocycles. The zero-order valence-electron chi connectivity index (χ0n) is 14.8. The molecule has 2 rings (SSSR count). The van der Waals surface area contributed by atoms with Crippen molar-refractivity contribution in [3.05, 3.63) is 0 Å². The van der Waals surface area contributed by atoms with Crippen LogP contribution in [0.1, 0.15) is 53.4 Å². The topological polar surface area (TPSA) is 72.9 Å². The summed E-state index contributed by atoms with van der Waals surface area (Å²) in [5.74, 6) is -0.341. The van der Waals surface area contributed by atoms with Crippen LogP contribution in [0.15, 0.2) is 0 Å². The van der Waals surface area contributed by atoms with Crippen molar-refractivity contribution < 1.29 is 14.7 Å². The molecule has 0 aliphatic heterocycles. The van der Waals surface area contributed by atoms with E-state index in [9.17, 15) is 9.59 Å². The number of carboxylic acids is 1. The van der Waals surface area contributed by atoms with Gasteiger partial charge >= 0.3 is 12.0 Å². The van der Waals surface area contributed by atoms with Crippen LogP contribution >= 0.6 is 0 Å². The van der Waals surface area contributed by atoms with Gasteiger partial charge in [0.25, 0.3) is 0 Å². The Bertz CT molecular complexity index is 431. The van der Waals surface area contributed by atoms with Crippen LogP contribution in [0.4, 0.5) is 4.79 Å². The lowest BCUT2D eigenvalue weighted by Gasteiger charge is -2.43. The number of hydrogen-bond acceptors (Lipinski definition) is 3. The highest BCUT2D eigenvalue weighted by Crippen LogP contribution is 2.32. The van der Waals surface area contributed by atoms with Crippen LogP contribution < -0.4 is 5.32 Å². The van der Waals surface area contributed by atoms with Gasteiger partial charge in [-0.25, -0.2) is 4.79 Å². The maximum absolute atomic E-state index is 12.6. The highest BCUT2D eigenvalue weighted by molar-refractivity contribution is 5.76. The third-order valence-corrected chi connectivity index (χ3v) is 5.28. The van der Waals surface area contributed by atoms with Crippen LogP contribution in [0.3, 0.4) is 0 Å². The monoisotopic (exact) mass is 325 g/mol. The number of nitrogens with zero attached hydrogens (tertiary/aromatic N) is 2. The Hall–Kier alpha value is -1.30. The molecule has 0 bridgehead atoms. The number of aliphatic carboxylic acids is 1. The van der Waals surface area contributed by atoms with Crippen molar-refractivity contribution in [2.75, 3.05) is 13.1 Å². The summed E-state index contributed by atoms with van der Waals surface area (Å²) >= 11 is 0. The van der Waals surface area contributed by atoms with E-state index >= 15 is 0 Å². The van der Waals surface area contributed by atoms with Crippen LogP contribution in [0, 0.1) is 5.92 Å². The first-order valence-electron chi connectivity index (χ1n) is 8.88. The fraction of sp³-hybridized carbons (Fsp3) is 0.882. The first-order chi connectivity index (χ1) is 10.8. The smallest absolute Gasteiger partial charge is 0.318 e. The summed E-state index contributed by atoms with van der Waals surface area (Å²) in [7, 11) is 0. The molecule has 2 saturated carbocycles. The van der Waals surface area contributed by atoms with Crippen LogP contribution in [0.25, 0.3) is 0 Å². The zero-order chi connectivity index (χ0) is 17.1. The number of likely N-dealkylation sites (N-methyl/N-ethyl adjacent to an activating group) is 1. The third-order valence-electron chi connectivity index (χ3n) is 5.28. The van der Waals surface area contributed by atoms with Gasteiger partial charge in [0.15, 0.2) is 0 Å². The molecule has 0 spiro atoms. The molecule has 0 radical (unpaired) electrons. The van der Waals surface area contributed by atoms with E-state index in [1.165, 1.54) is 0 Å². The van der Waals surface area contributed by atoms with Gasteiger partial charge in [-0.2, -0.15) is 0 Å². The number of rotatable bonds is 8. The SMILES string of the molecule is CCN(CC(=O)O)C1CC(NC(=O)N(C2CC2)C(C)C(C)C)C1. The minimum Gasteiger partial charge on any atom is -0.480 e. The van der Waals surface area contributed by atoms with E-state index in [1.807, 2.05) is 16.7 Å². The van der Waals surface area contributed by atoms with Crippen LogP contribution in [0.2, 0.25) is 0 Å². The standard InChI is InChI=1S/C17H31N3O3/c1-5-19(10-16(21)22)15-8-13(9-15)18-17(23)20(14-6-7-14)12(4)11(2)3/h11-15H,5-10H2,1-4H3,(H,18,23)(H,21,22). The number of carbonyl (C=O) groups is 2. The summed E-state index contributed by atoms with van der Waals surface area (Å²) in [5, 5.41) is 12.1. The van der Waals surface area contributed by atoms with Gasteiger partial charge in [-0.1, -0.05) is 20.8 Å². The van der Waals surface area contributed by atoms with Crippen molar-refractivity contribution in [1.82, 2.24) is 15.1 Å². The highest BCUT2D eigenvalue weighted by Gasteiger charge is 2.40. The maximum Gasteiger partial charge on any atom is 0.318 e. The lowest BCUT2D eigenvalue weighted by molar-refractivity contribution is -0.139. The molecule has 23 heavy (non-hydrogen) atoms. The second-order valence-electron chi connectivity index (χ2n) is 7.35. The molecule has 0 aromatic heterocycles. The van der Waals surface area contributed by atoms with Gasteiger partial charge < -0.3 is 15.3 Å². The number of carbonyl (C=O) groups excluding carboxylic acids is 1. The highest BCUT2D eigenvalue weighted by atomic mass is 16.4. The van der Waals surface area contributed by atoms with Crippen molar-refractivity contribution in [1.29, 1.82) is 0 Å². The quantitative estimate of drug-likeness (QED) is 0.717. The fourth-order valence-electron chi connectivity index (χ4n) is 3.28. The summed E-state index contributed by atoms with van der Waals surface area (Å²) in [6.45, 7) is 9.22. The van der Waals surface area contributed by atoms with Crippen molar-refractivity contribution in [3.63, 3.8) is 0 Å². The van der Waals surface area contributed by atoms with E-state index in [0.717, 1.165) is 32.2 Å². The van der Waals surface area contributed by atoms with E-state index in [-0.39, 0.29) is 30.7 Å². The Balaban J connectivity index is 1.81. The maximum atomic E-state index is 12.6. The van der Waals surface area contributed by atoms with Gasteiger partial charge in [0.05, 0.1) is 6.54 Å². The largest absolute Gasteiger partial charge is 0.480 e. The van der Waals surface area contributed by atoms with E-state index < -0.39 is 5.97 Å². The summed E-state index contributed by atoms with van der Waals surface area (Å²) in [4.78, 5) is 27.5. The Morgan fingerprint density at radius 1 is 1.17 bits per heavy atom. The molecular weight excluding hydrogens is 294 g/mol. The second-order valence-corrected chi connectivity index (χ2v) is 7.35. The average Bonchev–Trinajstić information content (AvgIpc) is 3.24.